The van der Waals surface area contributed by atoms with Crippen molar-refractivity contribution in [3.63, 3.8) is 0 Å². The van der Waals surface area contributed by atoms with E-state index in [9.17, 15) is 9.59 Å². The zero-order valence-electron chi connectivity index (χ0n) is 13.7. The molecule has 1 unspecified atom stereocenters. The smallest absolute Gasteiger partial charge is 0.305 e. The van der Waals surface area contributed by atoms with Crippen molar-refractivity contribution in [3.05, 3.63) is 0 Å². The fraction of sp³-hybridized carbons (Fsp3) is 0.875. The Morgan fingerprint density at radius 3 is 2.24 bits per heavy atom. The lowest BCUT2D eigenvalue weighted by Gasteiger charge is -2.11. The van der Waals surface area contributed by atoms with Crippen molar-refractivity contribution in [2.75, 3.05) is 26.9 Å². The summed E-state index contributed by atoms with van der Waals surface area (Å²) in [5, 5.41) is 0. The maximum absolute atomic E-state index is 11.5. The number of ether oxygens (including phenoxy) is 3. The summed E-state index contributed by atoms with van der Waals surface area (Å²) in [6, 6.07) is 0. The van der Waals surface area contributed by atoms with Crippen LogP contribution in [-0.2, 0) is 23.8 Å². The molecule has 0 aromatic heterocycles. The highest BCUT2D eigenvalue weighted by Crippen LogP contribution is 2.05. The van der Waals surface area contributed by atoms with Crippen molar-refractivity contribution < 1.29 is 23.8 Å². The van der Waals surface area contributed by atoms with Crippen molar-refractivity contribution in [1.29, 1.82) is 0 Å². The summed E-state index contributed by atoms with van der Waals surface area (Å²) < 4.78 is 15.2. The summed E-state index contributed by atoms with van der Waals surface area (Å²) in [6.07, 6.45) is 4.98. The molecule has 0 aliphatic carbocycles. The number of carbonyl (C=O) groups is 2. The Labute approximate surface area is 128 Å². The van der Waals surface area contributed by atoms with Gasteiger partial charge in [-0.2, -0.15) is 0 Å². The van der Waals surface area contributed by atoms with Crippen LogP contribution in [0.15, 0.2) is 0 Å². The molecule has 124 valence electrons. The molecule has 0 rings (SSSR count). The van der Waals surface area contributed by atoms with Crippen molar-refractivity contribution in [2.24, 2.45) is 5.92 Å². The van der Waals surface area contributed by atoms with Gasteiger partial charge in [-0.15, -0.1) is 0 Å². The molecule has 0 aliphatic heterocycles. The lowest BCUT2D eigenvalue weighted by atomic mass is 10.1. The van der Waals surface area contributed by atoms with E-state index in [1.807, 2.05) is 6.92 Å². The van der Waals surface area contributed by atoms with Crippen LogP contribution in [-0.4, -0.2) is 38.9 Å². The number of rotatable bonds is 13. The van der Waals surface area contributed by atoms with Crippen LogP contribution in [0.1, 0.15) is 58.8 Å². The van der Waals surface area contributed by atoms with E-state index in [0.29, 0.717) is 26.2 Å². The monoisotopic (exact) mass is 302 g/mol. The first kappa shape index (κ1) is 19.9. The maximum atomic E-state index is 11.5. The molecule has 0 bridgehead atoms. The average molecular weight is 302 g/mol. The number of carbonyl (C=O) groups excluding carboxylic acids is 2. The number of esters is 2. The van der Waals surface area contributed by atoms with Crippen LogP contribution < -0.4 is 0 Å². The van der Waals surface area contributed by atoms with Crippen molar-refractivity contribution >= 4 is 11.9 Å². The minimum absolute atomic E-state index is 0.229. The molecule has 1 atom stereocenters. The molecular weight excluding hydrogens is 272 g/mol. The highest BCUT2D eigenvalue weighted by Gasteiger charge is 2.09. The Bertz CT molecular complexity index is 278. The molecule has 0 saturated carbocycles. The third kappa shape index (κ3) is 13.6. The Morgan fingerprint density at radius 2 is 1.62 bits per heavy atom. The number of methoxy groups -OCH3 is 1. The van der Waals surface area contributed by atoms with Crippen molar-refractivity contribution in [3.8, 4) is 0 Å². The van der Waals surface area contributed by atoms with Crippen molar-refractivity contribution in [2.45, 2.75) is 58.8 Å². The van der Waals surface area contributed by atoms with Gasteiger partial charge in [0.05, 0.1) is 13.2 Å². The fourth-order valence-corrected chi connectivity index (χ4v) is 1.70. The molecule has 0 spiro atoms. The molecule has 21 heavy (non-hydrogen) atoms. The first-order chi connectivity index (χ1) is 10.1. The van der Waals surface area contributed by atoms with Gasteiger partial charge in [0.2, 0.25) is 0 Å². The lowest BCUT2D eigenvalue weighted by Crippen LogP contribution is -2.14. The molecule has 0 aliphatic rings. The molecule has 0 fully saturated rings. The lowest BCUT2D eigenvalue weighted by molar-refractivity contribution is -0.146. The van der Waals surface area contributed by atoms with Gasteiger partial charge < -0.3 is 14.2 Å². The molecule has 0 aromatic rings. The molecule has 0 amide bonds. The summed E-state index contributed by atoms with van der Waals surface area (Å²) in [5.74, 6) is -0.192. The second-order valence-electron chi connectivity index (χ2n) is 5.35. The van der Waals surface area contributed by atoms with Gasteiger partial charge in [-0.1, -0.05) is 26.7 Å². The molecule has 5 heteroatoms. The largest absolute Gasteiger partial charge is 0.466 e. The summed E-state index contributed by atoms with van der Waals surface area (Å²) in [5.41, 5.74) is 0. The zero-order chi connectivity index (χ0) is 15.9. The van der Waals surface area contributed by atoms with E-state index in [4.69, 9.17) is 14.2 Å². The Morgan fingerprint density at radius 1 is 0.952 bits per heavy atom. The zero-order valence-corrected chi connectivity index (χ0v) is 13.7. The first-order valence-corrected chi connectivity index (χ1v) is 7.90. The van der Waals surface area contributed by atoms with E-state index >= 15 is 0 Å². The summed E-state index contributed by atoms with van der Waals surface area (Å²) in [7, 11) is 1.65. The maximum Gasteiger partial charge on any atom is 0.305 e. The van der Waals surface area contributed by atoms with Crippen LogP contribution in [0.3, 0.4) is 0 Å². The van der Waals surface area contributed by atoms with Crippen LogP contribution in [0.2, 0.25) is 0 Å². The third-order valence-electron chi connectivity index (χ3n) is 3.12. The Balaban J connectivity index is 3.49. The second kappa shape index (κ2) is 13.9. The minimum Gasteiger partial charge on any atom is -0.466 e. The molecule has 0 N–H and O–H groups in total. The van der Waals surface area contributed by atoms with Crippen LogP contribution in [0.4, 0.5) is 0 Å². The van der Waals surface area contributed by atoms with E-state index in [1.165, 1.54) is 0 Å². The first-order valence-electron chi connectivity index (χ1n) is 7.90. The molecule has 5 nitrogen and oxygen atoms in total. The van der Waals surface area contributed by atoms with E-state index in [-0.39, 0.29) is 30.7 Å². The van der Waals surface area contributed by atoms with Gasteiger partial charge in [0.15, 0.2) is 0 Å². The van der Waals surface area contributed by atoms with Crippen LogP contribution in [0, 0.1) is 5.92 Å². The molecule has 0 aromatic carbocycles. The number of hydrogen-bond donors (Lipinski definition) is 0. The molecule has 0 heterocycles. The summed E-state index contributed by atoms with van der Waals surface area (Å²) in [4.78, 5) is 22.9. The van der Waals surface area contributed by atoms with Crippen LogP contribution in [0.25, 0.3) is 0 Å². The molecule has 0 radical (unpaired) electrons. The standard InChI is InChI=1S/C16H30O5/c1-4-5-6-11-20-15(17)8-7-9-16(18)21-13-14(2)10-12-19-3/h14H,4-13H2,1-3H3. The predicted octanol–water partition coefficient (Wildman–Crippen LogP) is 3.11. The third-order valence-corrected chi connectivity index (χ3v) is 3.12. The van der Waals surface area contributed by atoms with Gasteiger partial charge in [0, 0.05) is 26.6 Å². The van der Waals surface area contributed by atoms with Gasteiger partial charge in [-0.05, 0) is 25.2 Å². The van der Waals surface area contributed by atoms with E-state index < -0.39 is 0 Å². The molecule has 0 saturated heterocycles. The SMILES string of the molecule is CCCCCOC(=O)CCCC(=O)OCC(C)CCOC. The van der Waals surface area contributed by atoms with Gasteiger partial charge in [-0.25, -0.2) is 0 Å². The van der Waals surface area contributed by atoms with Gasteiger partial charge >= 0.3 is 11.9 Å². The van der Waals surface area contributed by atoms with E-state index in [2.05, 4.69) is 6.92 Å². The Kier molecular flexibility index (Phi) is 13.1. The van der Waals surface area contributed by atoms with Crippen molar-refractivity contribution in [1.82, 2.24) is 0 Å². The summed E-state index contributed by atoms with van der Waals surface area (Å²) >= 11 is 0. The summed E-state index contributed by atoms with van der Waals surface area (Å²) in [6.45, 7) is 5.67. The van der Waals surface area contributed by atoms with Gasteiger partial charge in [-0.3, -0.25) is 9.59 Å². The van der Waals surface area contributed by atoms with Crippen LogP contribution in [0.5, 0.6) is 0 Å². The minimum atomic E-state index is -0.252. The average Bonchev–Trinajstić information content (AvgIpc) is 2.47. The van der Waals surface area contributed by atoms with Crippen LogP contribution >= 0.6 is 0 Å². The van der Waals surface area contributed by atoms with Gasteiger partial charge in [0.1, 0.15) is 0 Å². The number of hydrogen-bond acceptors (Lipinski definition) is 5. The highest BCUT2D eigenvalue weighted by atomic mass is 16.5. The number of unbranched alkanes of at least 4 members (excludes halogenated alkanes) is 2. The predicted molar refractivity (Wildman–Crippen MR) is 81.0 cm³/mol. The van der Waals surface area contributed by atoms with E-state index in [1.54, 1.807) is 7.11 Å². The Hall–Kier alpha value is -1.10. The normalized spacial score (nSPS) is 12.0. The second-order valence-corrected chi connectivity index (χ2v) is 5.35. The van der Waals surface area contributed by atoms with E-state index in [0.717, 1.165) is 25.7 Å². The van der Waals surface area contributed by atoms with Gasteiger partial charge in [0.25, 0.3) is 0 Å². The topological polar surface area (TPSA) is 61.8 Å². The molecular formula is C16H30O5. The highest BCUT2D eigenvalue weighted by molar-refractivity contribution is 5.72. The quantitative estimate of drug-likeness (QED) is 0.386. The fourth-order valence-electron chi connectivity index (χ4n) is 1.70.